The van der Waals surface area contributed by atoms with Gasteiger partial charge in [-0.25, -0.2) is 0 Å². The van der Waals surface area contributed by atoms with Crippen LogP contribution in [0.25, 0.3) is 0 Å². The molecule has 0 radical (unpaired) electrons. The second-order valence-corrected chi connectivity index (χ2v) is 7.15. The highest BCUT2D eigenvalue weighted by molar-refractivity contribution is 7.12. The van der Waals surface area contributed by atoms with E-state index in [1.807, 2.05) is 17.5 Å². The maximum Gasteiger partial charge on any atom is 0.261 e. The highest BCUT2D eigenvalue weighted by Gasteiger charge is 2.22. The van der Waals surface area contributed by atoms with E-state index in [0.29, 0.717) is 12.5 Å². The number of rotatable bonds is 6. The first-order valence-corrected chi connectivity index (χ1v) is 8.76. The van der Waals surface area contributed by atoms with Crippen molar-refractivity contribution < 1.29 is 9.59 Å². The molecule has 0 unspecified atom stereocenters. The zero-order chi connectivity index (χ0) is 15.9. The van der Waals surface area contributed by atoms with Crippen molar-refractivity contribution in [3.05, 3.63) is 22.4 Å². The van der Waals surface area contributed by atoms with Gasteiger partial charge < -0.3 is 10.6 Å². The number of likely N-dealkylation sites (tertiary alicyclic amines) is 1. The van der Waals surface area contributed by atoms with E-state index in [1.54, 1.807) is 0 Å². The van der Waals surface area contributed by atoms with E-state index in [1.165, 1.54) is 11.3 Å². The van der Waals surface area contributed by atoms with Crippen molar-refractivity contribution in [2.75, 3.05) is 26.2 Å². The number of thiophene rings is 1. The second-order valence-electron chi connectivity index (χ2n) is 6.20. The molecule has 1 aliphatic heterocycles. The monoisotopic (exact) mass is 323 g/mol. The van der Waals surface area contributed by atoms with Gasteiger partial charge in [0.2, 0.25) is 5.91 Å². The molecule has 1 fully saturated rings. The Balaban J connectivity index is 1.67. The van der Waals surface area contributed by atoms with Gasteiger partial charge in [-0.15, -0.1) is 11.3 Å². The first kappa shape index (κ1) is 17.0. The van der Waals surface area contributed by atoms with Gasteiger partial charge in [0, 0.05) is 25.7 Å². The van der Waals surface area contributed by atoms with Gasteiger partial charge in [0.25, 0.3) is 5.91 Å². The van der Waals surface area contributed by atoms with Crippen molar-refractivity contribution in [2.24, 2.45) is 5.92 Å². The maximum atomic E-state index is 12.0. The normalized spacial score (nSPS) is 16.7. The van der Waals surface area contributed by atoms with E-state index in [9.17, 15) is 9.59 Å². The smallest absolute Gasteiger partial charge is 0.261 e. The summed E-state index contributed by atoms with van der Waals surface area (Å²) in [6.45, 7) is 7.06. The van der Waals surface area contributed by atoms with Crippen LogP contribution in [0.5, 0.6) is 0 Å². The predicted molar refractivity (Wildman–Crippen MR) is 89.1 cm³/mol. The third kappa shape index (κ3) is 5.42. The number of nitrogens with one attached hydrogen (secondary N) is 2. The number of carbonyl (C=O) groups is 2. The van der Waals surface area contributed by atoms with Crippen molar-refractivity contribution in [3.63, 3.8) is 0 Å². The standard InChI is InChI=1S/C16H25N3O2S/c1-12(2)10-17-15(20)11-19-7-5-13(6-8-19)18-16(21)14-4-3-9-22-14/h3-4,9,12-13H,5-8,10-11H2,1-2H3,(H,17,20)(H,18,21). The average molecular weight is 323 g/mol. The van der Waals surface area contributed by atoms with Gasteiger partial charge in [-0.3, -0.25) is 14.5 Å². The van der Waals surface area contributed by atoms with Crippen LogP contribution < -0.4 is 10.6 Å². The Hall–Kier alpha value is -1.40. The Morgan fingerprint density at radius 2 is 2.09 bits per heavy atom. The lowest BCUT2D eigenvalue weighted by Crippen LogP contribution is -2.47. The SMILES string of the molecule is CC(C)CNC(=O)CN1CCC(NC(=O)c2cccs2)CC1. The topological polar surface area (TPSA) is 61.4 Å². The van der Waals surface area contributed by atoms with E-state index >= 15 is 0 Å². The molecule has 122 valence electrons. The van der Waals surface area contributed by atoms with E-state index < -0.39 is 0 Å². The van der Waals surface area contributed by atoms with Crippen molar-refractivity contribution in [2.45, 2.75) is 32.7 Å². The summed E-state index contributed by atoms with van der Waals surface area (Å²) in [7, 11) is 0. The highest BCUT2D eigenvalue weighted by atomic mass is 32.1. The summed E-state index contributed by atoms with van der Waals surface area (Å²) in [4.78, 5) is 26.7. The fourth-order valence-corrected chi connectivity index (χ4v) is 3.10. The van der Waals surface area contributed by atoms with E-state index in [0.717, 1.165) is 37.4 Å². The Labute approximate surface area is 136 Å². The summed E-state index contributed by atoms with van der Waals surface area (Å²) < 4.78 is 0. The van der Waals surface area contributed by atoms with Crippen molar-refractivity contribution in [1.29, 1.82) is 0 Å². The van der Waals surface area contributed by atoms with Crippen LogP contribution in [0.3, 0.4) is 0 Å². The molecule has 0 aromatic carbocycles. The first-order chi connectivity index (χ1) is 10.5. The molecule has 0 bridgehead atoms. The third-order valence-corrected chi connectivity index (χ3v) is 4.61. The number of hydrogen-bond donors (Lipinski definition) is 2. The van der Waals surface area contributed by atoms with Gasteiger partial charge >= 0.3 is 0 Å². The average Bonchev–Trinajstić information content (AvgIpc) is 3.01. The minimum absolute atomic E-state index is 0.0168. The minimum Gasteiger partial charge on any atom is -0.355 e. The number of piperidine rings is 1. The molecule has 2 rings (SSSR count). The summed E-state index contributed by atoms with van der Waals surface area (Å²) in [5.41, 5.74) is 0. The lowest BCUT2D eigenvalue weighted by Gasteiger charge is -2.31. The fourth-order valence-electron chi connectivity index (χ4n) is 2.48. The van der Waals surface area contributed by atoms with Crippen molar-refractivity contribution >= 4 is 23.2 Å². The lowest BCUT2D eigenvalue weighted by atomic mass is 10.0. The van der Waals surface area contributed by atoms with Crippen LogP contribution in [0, 0.1) is 5.92 Å². The minimum atomic E-state index is 0.0168. The van der Waals surface area contributed by atoms with Gasteiger partial charge in [0.15, 0.2) is 0 Å². The molecule has 0 atom stereocenters. The van der Waals surface area contributed by atoms with Crippen LogP contribution in [0.15, 0.2) is 17.5 Å². The second kappa shape index (κ2) is 8.29. The number of hydrogen-bond acceptors (Lipinski definition) is 4. The van der Waals surface area contributed by atoms with Gasteiger partial charge in [0.1, 0.15) is 0 Å². The van der Waals surface area contributed by atoms with Crippen LogP contribution in [0.1, 0.15) is 36.4 Å². The Kier molecular flexibility index (Phi) is 6.39. The third-order valence-electron chi connectivity index (χ3n) is 3.74. The molecular weight excluding hydrogens is 298 g/mol. The summed E-state index contributed by atoms with van der Waals surface area (Å²) >= 11 is 1.46. The quantitative estimate of drug-likeness (QED) is 0.838. The van der Waals surface area contributed by atoms with E-state index in [-0.39, 0.29) is 17.9 Å². The van der Waals surface area contributed by atoms with Crippen LogP contribution in [-0.4, -0.2) is 48.9 Å². The number of carbonyl (C=O) groups excluding carboxylic acids is 2. The molecule has 2 N–H and O–H groups in total. The predicted octanol–water partition coefficient (Wildman–Crippen LogP) is 1.71. The molecule has 1 saturated heterocycles. The zero-order valence-corrected chi connectivity index (χ0v) is 14.1. The van der Waals surface area contributed by atoms with Gasteiger partial charge in [0.05, 0.1) is 11.4 Å². The van der Waals surface area contributed by atoms with E-state index in [4.69, 9.17) is 0 Å². The van der Waals surface area contributed by atoms with Crippen molar-refractivity contribution in [1.82, 2.24) is 15.5 Å². The molecular formula is C16H25N3O2S. The van der Waals surface area contributed by atoms with Crippen LogP contribution in [-0.2, 0) is 4.79 Å². The van der Waals surface area contributed by atoms with Gasteiger partial charge in [-0.1, -0.05) is 19.9 Å². The molecule has 0 saturated carbocycles. The van der Waals surface area contributed by atoms with E-state index in [2.05, 4.69) is 29.4 Å². The summed E-state index contributed by atoms with van der Waals surface area (Å²) in [5.74, 6) is 0.583. The molecule has 1 aliphatic rings. The highest BCUT2D eigenvalue weighted by Crippen LogP contribution is 2.13. The molecule has 2 amide bonds. The number of nitrogens with zero attached hydrogens (tertiary/aromatic N) is 1. The van der Waals surface area contributed by atoms with Crippen LogP contribution >= 0.6 is 11.3 Å². The fraction of sp³-hybridized carbons (Fsp3) is 0.625. The van der Waals surface area contributed by atoms with Crippen LogP contribution in [0.2, 0.25) is 0 Å². The first-order valence-electron chi connectivity index (χ1n) is 7.88. The molecule has 0 aliphatic carbocycles. The molecule has 6 heteroatoms. The summed E-state index contributed by atoms with van der Waals surface area (Å²) in [6.07, 6.45) is 1.79. The molecule has 0 spiro atoms. The summed E-state index contributed by atoms with van der Waals surface area (Å²) in [5, 5.41) is 7.93. The number of amides is 2. The Morgan fingerprint density at radius 3 is 2.68 bits per heavy atom. The lowest BCUT2D eigenvalue weighted by molar-refractivity contribution is -0.122. The molecule has 5 nitrogen and oxygen atoms in total. The largest absolute Gasteiger partial charge is 0.355 e. The Bertz CT molecular complexity index is 480. The molecule has 1 aromatic rings. The maximum absolute atomic E-state index is 12.0. The molecule has 1 aromatic heterocycles. The van der Waals surface area contributed by atoms with Gasteiger partial charge in [-0.2, -0.15) is 0 Å². The Morgan fingerprint density at radius 1 is 1.36 bits per heavy atom. The van der Waals surface area contributed by atoms with Crippen molar-refractivity contribution in [3.8, 4) is 0 Å². The molecule has 22 heavy (non-hydrogen) atoms. The van der Waals surface area contributed by atoms with Gasteiger partial charge in [-0.05, 0) is 30.2 Å². The summed E-state index contributed by atoms with van der Waals surface area (Å²) in [6, 6.07) is 3.94. The molecule has 2 heterocycles. The van der Waals surface area contributed by atoms with Crippen LogP contribution in [0.4, 0.5) is 0 Å². The zero-order valence-electron chi connectivity index (χ0n) is 13.3.